The first kappa shape index (κ1) is 17.3. The van der Waals surface area contributed by atoms with Crippen molar-refractivity contribution in [2.24, 2.45) is 0 Å². The second-order valence-electron chi connectivity index (χ2n) is 5.22. The van der Waals surface area contributed by atoms with Crippen molar-refractivity contribution in [2.75, 3.05) is 6.61 Å². The molecule has 2 rings (SSSR count). The van der Waals surface area contributed by atoms with Crippen LogP contribution in [0.2, 0.25) is 0 Å². The predicted octanol–water partition coefficient (Wildman–Crippen LogP) is 4.34. The SMILES string of the molecule is CCCCOC(=O)c1c(O)ccc(SCc2ccncc2)c1C. The minimum Gasteiger partial charge on any atom is -0.507 e. The number of aromatic nitrogens is 1. The molecule has 1 heterocycles. The summed E-state index contributed by atoms with van der Waals surface area (Å²) in [5.74, 6) is 0.287. The van der Waals surface area contributed by atoms with E-state index in [1.807, 2.05) is 32.0 Å². The van der Waals surface area contributed by atoms with Crippen LogP contribution in [0.5, 0.6) is 5.75 Å². The monoisotopic (exact) mass is 331 g/mol. The fraction of sp³-hybridized carbons (Fsp3) is 0.333. The van der Waals surface area contributed by atoms with Crippen molar-refractivity contribution in [3.05, 3.63) is 53.3 Å². The molecule has 2 aromatic rings. The summed E-state index contributed by atoms with van der Waals surface area (Å²) in [6.07, 6.45) is 5.30. The molecule has 0 fully saturated rings. The summed E-state index contributed by atoms with van der Waals surface area (Å²) >= 11 is 1.62. The first-order valence-electron chi connectivity index (χ1n) is 7.65. The Bertz CT molecular complexity index is 659. The van der Waals surface area contributed by atoms with Gasteiger partial charge in [-0.25, -0.2) is 4.79 Å². The van der Waals surface area contributed by atoms with Gasteiger partial charge in [0.05, 0.1) is 6.61 Å². The van der Waals surface area contributed by atoms with Gasteiger partial charge < -0.3 is 9.84 Å². The number of rotatable bonds is 7. The first-order chi connectivity index (χ1) is 11.1. The molecule has 0 bridgehead atoms. The third kappa shape index (κ3) is 4.73. The second-order valence-corrected chi connectivity index (χ2v) is 6.23. The molecule has 1 aromatic heterocycles. The Hall–Kier alpha value is -2.01. The molecule has 0 amide bonds. The summed E-state index contributed by atoms with van der Waals surface area (Å²) in [7, 11) is 0. The van der Waals surface area contributed by atoms with E-state index in [0.717, 1.165) is 34.6 Å². The first-order valence-corrected chi connectivity index (χ1v) is 8.63. The van der Waals surface area contributed by atoms with Crippen molar-refractivity contribution < 1.29 is 14.6 Å². The lowest BCUT2D eigenvalue weighted by Crippen LogP contribution is -2.09. The minimum atomic E-state index is -0.459. The van der Waals surface area contributed by atoms with E-state index in [1.165, 1.54) is 0 Å². The topological polar surface area (TPSA) is 59.4 Å². The van der Waals surface area contributed by atoms with Gasteiger partial charge in [-0.05, 0) is 48.7 Å². The summed E-state index contributed by atoms with van der Waals surface area (Å²) in [6, 6.07) is 7.31. The van der Waals surface area contributed by atoms with E-state index < -0.39 is 5.97 Å². The quantitative estimate of drug-likeness (QED) is 0.464. The van der Waals surface area contributed by atoms with Gasteiger partial charge in [0.2, 0.25) is 0 Å². The number of carbonyl (C=O) groups excluding carboxylic acids is 1. The van der Waals surface area contributed by atoms with E-state index in [-0.39, 0.29) is 11.3 Å². The van der Waals surface area contributed by atoms with Crippen molar-refractivity contribution in [1.82, 2.24) is 4.98 Å². The lowest BCUT2D eigenvalue weighted by atomic mass is 10.1. The number of benzene rings is 1. The summed E-state index contributed by atoms with van der Waals surface area (Å²) in [5, 5.41) is 10.0. The molecule has 0 aliphatic heterocycles. The Morgan fingerprint density at radius 3 is 2.70 bits per heavy atom. The highest BCUT2D eigenvalue weighted by molar-refractivity contribution is 7.98. The van der Waals surface area contributed by atoms with E-state index in [4.69, 9.17) is 4.74 Å². The Morgan fingerprint density at radius 2 is 2.00 bits per heavy atom. The number of unbranched alkanes of at least 4 members (excludes halogenated alkanes) is 1. The highest BCUT2D eigenvalue weighted by Crippen LogP contribution is 2.32. The highest BCUT2D eigenvalue weighted by Gasteiger charge is 2.18. The van der Waals surface area contributed by atoms with Crippen LogP contribution < -0.4 is 0 Å². The zero-order valence-electron chi connectivity index (χ0n) is 13.4. The molecule has 0 aliphatic carbocycles. The molecule has 0 spiro atoms. The van der Waals surface area contributed by atoms with E-state index in [2.05, 4.69) is 4.98 Å². The lowest BCUT2D eigenvalue weighted by Gasteiger charge is -2.12. The van der Waals surface area contributed by atoms with Gasteiger partial charge in [0.1, 0.15) is 11.3 Å². The Labute approximate surface area is 140 Å². The van der Waals surface area contributed by atoms with Gasteiger partial charge in [-0.15, -0.1) is 11.8 Å². The van der Waals surface area contributed by atoms with E-state index >= 15 is 0 Å². The van der Waals surface area contributed by atoms with Crippen molar-refractivity contribution in [3.8, 4) is 5.75 Å². The van der Waals surface area contributed by atoms with Crippen LogP contribution in [0.15, 0.2) is 41.6 Å². The molecule has 1 aromatic carbocycles. The molecule has 4 nitrogen and oxygen atoms in total. The average molecular weight is 331 g/mol. The molecule has 0 saturated heterocycles. The second kappa shape index (κ2) is 8.58. The molecular weight excluding hydrogens is 310 g/mol. The average Bonchev–Trinajstić information content (AvgIpc) is 2.55. The van der Waals surface area contributed by atoms with Crippen molar-refractivity contribution in [1.29, 1.82) is 0 Å². The molecule has 122 valence electrons. The Kier molecular flexibility index (Phi) is 6.47. The number of hydrogen-bond acceptors (Lipinski definition) is 5. The fourth-order valence-corrected chi connectivity index (χ4v) is 3.11. The van der Waals surface area contributed by atoms with Crippen LogP contribution in [0.1, 0.15) is 41.3 Å². The number of phenols is 1. The molecule has 0 radical (unpaired) electrons. The number of aromatic hydroxyl groups is 1. The van der Waals surface area contributed by atoms with Crippen molar-refractivity contribution in [3.63, 3.8) is 0 Å². The van der Waals surface area contributed by atoms with Crippen LogP contribution in [-0.2, 0) is 10.5 Å². The molecule has 1 N–H and O–H groups in total. The summed E-state index contributed by atoms with van der Waals surface area (Å²) in [4.78, 5) is 17.1. The van der Waals surface area contributed by atoms with Crippen molar-refractivity contribution >= 4 is 17.7 Å². The van der Waals surface area contributed by atoms with E-state index in [1.54, 1.807) is 30.2 Å². The van der Waals surface area contributed by atoms with Crippen molar-refractivity contribution in [2.45, 2.75) is 37.3 Å². The van der Waals surface area contributed by atoms with Crippen LogP contribution in [0, 0.1) is 6.92 Å². The molecule has 0 atom stereocenters. The maximum atomic E-state index is 12.2. The maximum absolute atomic E-state index is 12.2. The molecule has 0 aliphatic rings. The van der Waals surface area contributed by atoms with E-state index in [9.17, 15) is 9.90 Å². The maximum Gasteiger partial charge on any atom is 0.342 e. The molecule has 5 heteroatoms. The van der Waals surface area contributed by atoms with Crippen LogP contribution in [0.25, 0.3) is 0 Å². The lowest BCUT2D eigenvalue weighted by molar-refractivity contribution is 0.0495. The van der Waals surface area contributed by atoms with Gasteiger partial charge in [-0.2, -0.15) is 0 Å². The van der Waals surface area contributed by atoms with Gasteiger partial charge in [-0.3, -0.25) is 4.98 Å². The summed E-state index contributed by atoms with van der Waals surface area (Å²) < 4.78 is 5.23. The summed E-state index contributed by atoms with van der Waals surface area (Å²) in [5.41, 5.74) is 2.18. The number of ether oxygens (including phenoxy) is 1. The minimum absolute atomic E-state index is 0.0303. The van der Waals surface area contributed by atoms with Gasteiger partial charge in [0, 0.05) is 23.0 Å². The van der Waals surface area contributed by atoms with Gasteiger partial charge in [0.15, 0.2) is 0 Å². The fourth-order valence-electron chi connectivity index (χ4n) is 2.11. The standard InChI is InChI=1S/C18H21NO3S/c1-3-4-11-22-18(21)17-13(2)16(6-5-15(17)20)23-12-14-7-9-19-10-8-14/h5-10,20H,3-4,11-12H2,1-2H3. The number of thioether (sulfide) groups is 1. The largest absolute Gasteiger partial charge is 0.507 e. The zero-order chi connectivity index (χ0) is 16.7. The molecule has 0 unspecified atom stereocenters. The van der Waals surface area contributed by atoms with Crippen LogP contribution in [-0.4, -0.2) is 22.7 Å². The molecule has 0 saturated carbocycles. The Morgan fingerprint density at radius 1 is 1.26 bits per heavy atom. The number of esters is 1. The summed E-state index contributed by atoms with van der Waals surface area (Å²) in [6.45, 7) is 4.25. The third-order valence-electron chi connectivity index (χ3n) is 3.47. The smallest absolute Gasteiger partial charge is 0.342 e. The number of nitrogens with zero attached hydrogens (tertiary/aromatic N) is 1. The number of hydrogen-bond donors (Lipinski definition) is 1. The Balaban J connectivity index is 2.12. The van der Waals surface area contributed by atoms with Gasteiger partial charge in [0.25, 0.3) is 0 Å². The molecule has 23 heavy (non-hydrogen) atoms. The number of carbonyl (C=O) groups is 1. The van der Waals surface area contributed by atoms with Crippen LogP contribution in [0.4, 0.5) is 0 Å². The van der Waals surface area contributed by atoms with E-state index in [0.29, 0.717) is 6.61 Å². The van der Waals surface area contributed by atoms with Gasteiger partial charge in [-0.1, -0.05) is 13.3 Å². The zero-order valence-corrected chi connectivity index (χ0v) is 14.2. The third-order valence-corrected chi connectivity index (χ3v) is 4.70. The van der Waals surface area contributed by atoms with Crippen LogP contribution in [0.3, 0.4) is 0 Å². The molecular formula is C18H21NO3S. The predicted molar refractivity (Wildman–Crippen MR) is 91.8 cm³/mol. The highest BCUT2D eigenvalue weighted by atomic mass is 32.2. The normalized spacial score (nSPS) is 10.5. The number of phenolic OH excluding ortho intramolecular Hbond substituents is 1. The number of pyridine rings is 1. The van der Waals surface area contributed by atoms with Crippen LogP contribution >= 0.6 is 11.8 Å². The van der Waals surface area contributed by atoms with Gasteiger partial charge >= 0.3 is 5.97 Å².